The summed E-state index contributed by atoms with van der Waals surface area (Å²) >= 11 is 6.07. The summed E-state index contributed by atoms with van der Waals surface area (Å²) in [5, 5.41) is 3.29. The number of halogens is 1. The molecule has 0 fully saturated rings. The Bertz CT molecular complexity index is 744. The van der Waals surface area contributed by atoms with E-state index in [-0.39, 0.29) is 5.91 Å². The van der Waals surface area contributed by atoms with Crippen molar-refractivity contribution in [3.8, 4) is 11.5 Å². The molecule has 0 bridgehead atoms. The summed E-state index contributed by atoms with van der Waals surface area (Å²) in [7, 11) is 3.06. The lowest BCUT2D eigenvalue weighted by molar-refractivity contribution is -0.116. The number of ether oxygens (including phenoxy) is 2. The molecule has 0 radical (unpaired) electrons. The monoisotopic (exact) mass is 347 g/mol. The summed E-state index contributed by atoms with van der Waals surface area (Å²) in [6.07, 6.45) is 1.07. The molecule has 0 unspecified atom stereocenters. The highest BCUT2D eigenvalue weighted by atomic mass is 35.5. The van der Waals surface area contributed by atoms with Gasteiger partial charge in [0.15, 0.2) is 0 Å². The minimum atomic E-state index is -0.0871. The number of benzene rings is 2. The third-order valence-electron chi connectivity index (χ3n) is 3.96. The molecule has 0 heterocycles. The second kappa shape index (κ2) is 8.06. The molecule has 0 aliphatic carbocycles. The van der Waals surface area contributed by atoms with Crippen molar-refractivity contribution in [1.29, 1.82) is 0 Å². The van der Waals surface area contributed by atoms with Crippen molar-refractivity contribution < 1.29 is 14.3 Å². The number of hydrogen-bond acceptors (Lipinski definition) is 3. The van der Waals surface area contributed by atoms with Crippen LogP contribution in [0.15, 0.2) is 30.3 Å². The highest BCUT2D eigenvalue weighted by Crippen LogP contribution is 2.35. The Morgan fingerprint density at radius 2 is 1.75 bits per heavy atom. The maximum Gasteiger partial charge on any atom is 0.224 e. The maximum atomic E-state index is 12.2. The van der Waals surface area contributed by atoms with Gasteiger partial charge >= 0.3 is 0 Å². The Balaban J connectivity index is 2.05. The SMILES string of the molecule is COc1cc(NC(=O)CCc2ccc(C)c(C)c2)c(OC)cc1Cl. The molecule has 0 saturated heterocycles. The third kappa shape index (κ3) is 4.42. The van der Waals surface area contributed by atoms with Gasteiger partial charge in [-0.05, 0) is 37.0 Å². The number of nitrogens with one attached hydrogen (secondary N) is 1. The predicted octanol–water partition coefficient (Wildman–Crippen LogP) is 4.55. The van der Waals surface area contributed by atoms with Gasteiger partial charge < -0.3 is 14.8 Å². The van der Waals surface area contributed by atoms with E-state index in [1.165, 1.54) is 25.3 Å². The number of rotatable bonds is 6. The van der Waals surface area contributed by atoms with Gasteiger partial charge in [0.25, 0.3) is 0 Å². The topological polar surface area (TPSA) is 47.6 Å². The standard InChI is InChI=1S/C19H22ClNO3/c1-12-5-6-14(9-13(12)2)7-8-19(22)21-16-11-17(23-3)15(20)10-18(16)24-4/h5-6,9-11H,7-8H2,1-4H3,(H,21,22). The van der Waals surface area contributed by atoms with Gasteiger partial charge in [0, 0.05) is 18.6 Å². The van der Waals surface area contributed by atoms with Crippen molar-refractivity contribution in [1.82, 2.24) is 0 Å². The van der Waals surface area contributed by atoms with Crippen molar-refractivity contribution >= 4 is 23.2 Å². The summed E-state index contributed by atoms with van der Waals surface area (Å²) in [6.45, 7) is 4.15. The summed E-state index contributed by atoms with van der Waals surface area (Å²) in [4.78, 5) is 12.2. The first-order chi connectivity index (χ1) is 11.4. The number of carbonyl (C=O) groups is 1. The van der Waals surface area contributed by atoms with Gasteiger partial charge in [0.05, 0.1) is 24.9 Å². The van der Waals surface area contributed by atoms with Gasteiger partial charge in [0.2, 0.25) is 5.91 Å². The molecule has 2 aromatic rings. The van der Waals surface area contributed by atoms with Crippen LogP contribution in [-0.4, -0.2) is 20.1 Å². The average molecular weight is 348 g/mol. The first kappa shape index (κ1) is 18.1. The van der Waals surface area contributed by atoms with Gasteiger partial charge in [0.1, 0.15) is 11.5 Å². The van der Waals surface area contributed by atoms with E-state index in [0.29, 0.717) is 35.1 Å². The molecule has 0 spiro atoms. The van der Waals surface area contributed by atoms with Crippen LogP contribution in [0.4, 0.5) is 5.69 Å². The van der Waals surface area contributed by atoms with Crippen molar-refractivity contribution in [2.24, 2.45) is 0 Å². The molecular formula is C19H22ClNO3. The second-order valence-electron chi connectivity index (χ2n) is 5.65. The van der Waals surface area contributed by atoms with Crippen LogP contribution in [0.2, 0.25) is 5.02 Å². The van der Waals surface area contributed by atoms with Gasteiger partial charge in [-0.1, -0.05) is 29.8 Å². The Morgan fingerprint density at radius 1 is 1.04 bits per heavy atom. The third-order valence-corrected chi connectivity index (χ3v) is 4.26. The van der Waals surface area contributed by atoms with Crippen LogP contribution < -0.4 is 14.8 Å². The van der Waals surface area contributed by atoms with Gasteiger partial charge in [-0.15, -0.1) is 0 Å². The van der Waals surface area contributed by atoms with E-state index in [0.717, 1.165) is 5.56 Å². The average Bonchev–Trinajstić information content (AvgIpc) is 2.57. The molecule has 24 heavy (non-hydrogen) atoms. The lowest BCUT2D eigenvalue weighted by Gasteiger charge is -2.13. The van der Waals surface area contributed by atoms with Crippen molar-refractivity contribution in [2.75, 3.05) is 19.5 Å². The molecule has 4 nitrogen and oxygen atoms in total. The number of anilines is 1. The zero-order valence-electron chi connectivity index (χ0n) is 14.4. The summed E-state index contributed by atoms with van der Waals surface area (Å²) in [6, 6.07) is 9.54. The van der Waals surface area contributed by atoms with E-state index in [2.05, 4.69) is 37.4 Å². The lowest BCUT2D eigenvalue weighted by Crippen LogP contribution is -2.13. The Morgan fingerprint density at radius 3 is 2.38 bits per heavy atom. The Labute approximate surface area is 147 Å². The summed E-state index contributed by atoms with van der Waals surface area (Å²) in [5.74, 6) is 0.901. The Kier molecular flexibility index (Phi) is 6.10. The minimum Gasteiger partial charge on any atom is -0.495 e. The van der Waals surface area contributed by atoms with Gasteiger partial charge in [-0.25, -0.2) is 0 Å². The molecule has 0 atom stereocenters. The van der Waals surface area contributed by atoms with Crippen LogP contribution in [-0.2, 0) is 11.2 Å². The van der Waals surface area contributed by atoms with Crippen LogP contribution in [0.3, 0.4) is 0 Å². The van der Waals surface area contributed by atoms with Crippen LogP contribution in [0.1, 0.15) is 23.1 Å². The van der Waals surface area contributed by atoms with Crippen molar-refractivity contribution in [2.45, 2.75) is 26.7 Å². The minimum absolute atomic E-state index is 0.0871. The van der Waals surface area contributed by atoms with Crippen molar-refractivity contribution in [3.63, 3.8) is 0 Å². The van der Waals surface area contributed by atoms with E-state index in [1.807, 2.05) is 0 Å². The smallest absolute Gasteiger partial charge is 0.224 e. The quantitative estimate of drug-likeness (QED) is 0.834. The van der Waals surface area contributed by atoms with Crippen LogP contribution in [0.5, 0.6) is 11.5 Å². The molecule has 2 aromatic carbocycles. The Hall–Kier alpha value is -2.20. The zero-order valence-corrected chi connectivity index (χ0v) is 15.2. The normalized spacial score (nSPS) is 10.4. The number of aryl methyl sites for hydroxylation is 3. The first-order valence-electron chi connectivity index (χ1n) is 7.72. The predicted molar refractivity (Wildman–Crippen MR) is 97.4 cm³/mol. The fraction of sp³-hybridized carbons (Fsp3) is 0.316. The fourth-order valence-corrected chi connectivity index (χ4v) is 2.62. The molecular weight excluding hydrogens is 326 g/mol. The molecule has 0 aromatic heterocycles. The second-order valence-corrected chi connectivity index (χ2v) is 6.06. The fourth-order valence-electron chi connectivity index (χ4n) is 2.39. The molecule has 0 aliphatic heterocycles. The van der Waals surface area contributed by atoms with E-state index < -0.39 is 0 Å². The molecule has 1 N–H and O–H groups in total. The summed E-state index contributed by atoms with van der Waals surface area (Å²) in [5.41, 5.74) is 4.18. The molecule has 5 heteroatoms. The van der Waals surface area contributed by atoms with Gasteiger partial charge in [-0.2, -0.15) is 0 Å². The molecule has 128 valence electrons. The van der Waals surface area contributed by atoms with Crippen LogP contribution in [0, 0.1) is 13.8 Å². The maximum absolute atomic E-state index is 12.2. The van der Waals surface area contributed by atoms with E-state index in [4.69, 9.17) is 21.1 Å². The highest BCUT2D eigenvalue weighted by Gasteiger charge is 2.12. The highest BCUT2D eigenvalue weighted by molar-refractivity contribution is 6.32. The number of methoxy groups -OCH3 is 2. The number of hydrogen-bond donors (Lipinski definition) is 1. The summed E-state index contributed by atoms with van der Waals surface area (Å²) < 4.78 is 10.4. The molecule has 0 saturated carbocycles. The number of carbonyl (C=O) groups excluding carboxylic acids is 1. The van der Waals surface area contributed by atoms with E-state index >= 15 is 0 Å². The van der Waals surface area contributed by atoms with Crippen LogP contribution in [0.25, 0.3) is 0 Å². The van der Waals surface area contributed by atoms with Gasteiger partial charge in [-0.3, -0.25) is 4.79 Å². The zero-order chi connectivity index (χ0) is 17.7. The van der Waals surface area contributed by atoms with E-state index in [1.54, 1.807) is 12.1 Å². The largest absolute Gasteiger partial charge is 0.495 e. The molecule has 0 aliphatic rings. The van der Waals surface area contributed by atoms with Crippen molar-refractivity contribution in [3.05, 3.63) is 52.0 Å². The molecule has 2 rings (SSSR count). The molecule has 1 amide bonds. The lowest BCUT2D eigenvalue weighted by atomic mass is 10.0. The number of amides is 1. The van der Waals surface area contributed by atoms with E-state index in [9.17, 15) is 4.79 Å². The first-order valence-corrected chi connectivity index (χ1v) is 8.10. The van der Waals surface area contributed by atoms with Crippen LogP contribution >= 0.6 is 11.6 Å².